The summed E-state index contributed by atoms with van der Waals surface area (Å²) < 4.78 is 2.01. The molecule has 1 aliphatic carbocycles. The van der Waals surface area contributed by atoms with E-state index in [2.05, 4.69) is 22.2 Å². The summed E-state index contributed by atoms with van der Waals surface area (Å²) in [6.45, 7) is 1.73. The van der Waals surface area contributed by atoms with Crippen LogP contribution in [0.15, 0.2) is 42.9 Å². The minimum Gasteiger partial charge on any atom is -0.351 e. The van der Waals surface area contributed by atoms with E-state index in [0.717, 1.165) is 39.8 Å². The lowest BCUT2D eigenvalue weighted by atomic mass is 9.94. The molecule has 0 radical (unpaired) electrons. The van der Waals surface area contributed by atoms with Crippen LogP contribution in [0, 0.1) is 0 Å². The van der Waals surface area contributed by atoms with Gasteiger partial charge in [-0.1, -0.05) is 19.3 Å². The molecule has 5 nitrogen and oxygen atoms in total. The maximum Gasteiger partial charge on any atom is 0.263 e. The first-order valence-electron chi connectivity index (χ1n) is 10.2. The van der Waals surface area contributed by atoms with Crippen LogP contribution >= 0.6 is 11.3 Å². The number of pyridine rings is 1. The molecule has 28 heavy (non-hydrogen) atoms. The van der Waals surface area contributed by atoms with Crippen molar-refractivity contribution in [1.82, 2.24) is 19.8 Å². The summed E-state index contributed by atoms with van der Waals surface area (Å²) in [4.78, 5) is 21.5. The largest absolute Gasteiger partial charge is 0.351 e. The van der Waals surface area contributed by atoms with Crippen LogP contribution in [0.25, 0.3) is 15.9 Å². The average molecular weight is 397 g/mol. The van der Waals surface area contributed by atoms with Crippen LogP contribution in [0.5, 0.6) is 0 Å². The maximum atomic E-state index is 12.9. The molecule has 3 aromatic heterocycles. The molecule has 1 amide bonds. The van der Waals surface area contributed by atoms with E-state index in [1.807, 2.05) is 41.2 Å². The van der Waals surface area contributed by atoms with Gasteiger partial charge in [0.1, 0.15) is 9.71 Å². The number of hydrogen-bond acceptors (Lipinski definition) is 4. The Bertz CT molecular complexity index is 912. The second kappa shape index (κ2) is 8.88. The van der Waals surface area contributed by atoms with Gasteiger partial charge in [0.25, 0.3) is 5.91 Å². The van der Waals surface area contributed by atoms with E-state index in [9.17, 15) is 4.79 Å². The molecular formula is C22H28N4OS. The number of nitrogens with one attached hydrogen (secondary N) is 1. The van der Waals surface area contributed by atoms with Crippen LogP contribution < -0.4 is 5.32 Å². The summed E-state index contributed by atoms with van der Waals surface area (Å²) >= 11 is 1.46. The highest BCUT2D eigenvalue weighted by Gasteiger charge is 2.20. The molecule has 1 aliphatic rings. The average Bonchev–Trinajstić information content (AvgIpc) is 3.38. The molecule has 3 aromatic rings. The fourth-order valence-corrected chi connectivity index (χ4v) is 5.19. The number of nitrogens with zero attached hydrogens (tertiary/aromatic N) is 3. The van der Waals surface area contributed by atoms with Gasteiger partial charge in [-0.2, -0.15) is 0 Å². The molecule has 1 saturated carbocycles. The normalized spacial score (nSPS) is 15.4. The van der Waals surface area contributed by atoms with E-state index < -0.39 is 0 Å². The number of hydrogen-bond donors (Lipinski definition) is 1. The highest BCUT2D eigenvalue weighted by Crippen LogP contribution is 2.33. The van der Waals surface area contributed by atoms with Gasteiger partial charge in [-0.15, -0.1) is 11.3 Å². The number of fused-ring (bicyclic) bond motifs is 1. The third-order valence-electron chi connectivity index (χ3n) is 5.68. The topological polar surface area (TPSA) is 50.2 Å². The molecule has 0 unspecified atom stereocenters. The highest BCUT2D eigenvalue weighted by molar-refractivity contribution is 7.21. The van der Waals surface area contributed by atoms with Crippen molar-refractivity contribution in [3.8, 4) is 5.69 Å². The van der Waals surface area contributed by atoms with E-state index in [1.165, 1.54) is 43.4 Å². The SMILES string of the molecule is CN(CCCNC(=O)c1sc2ncccc2c1-n1cccc1)C1CCCCC1. The Kier molecular flexibility index (Phi) is 6.07. The smallest absolute Gasteiger partial charge is 0.263 e. The Morgan fingerprint density at radius 1 is 1.25 bits per heavy atom. The summed E-state index contributed by atoms with van der Waals surface area (Å²) in [5, 5.41) is 4.14. The number of carbonyl (C=O) groups is 1. The summed E-state index contributed by atoms with van der Waals surface area (Å²) in [6, 6.07) is 8.62. The van der Waals surface area contributed by atoms with Crippen molar-refractivity contribution in [3.05, 3.63) is 47.7 Å². The minimum absolute atomic E-state index is 0.00739. The van der Waals surface area contributed by atoms with Gasteiger partial charge in [0, 0.05) is 36.6 Å². The molecular weight excluding hydrogens is 368 g/mol. The molecule has 0 aromatic carbocycles. The second-order valence-electron chi connectivity index (χ2n) is 7.61. The number of carbonyl (C=O) groups excluding carboxylic acids is 1. The monoisotopic (exact) mass is 396 g/mol. The van der Waals surface area contributed by atoms with Crippen LogP contribution in [0.3, 0.4) is 0 Å². The quantitative estimate of drug-likeness (QED) is 0.600. The Balaban J connectivity index is 1.40. The molecule has 0 spiro atoms. The summed E-state index contributed by atoms with van der Waals surface area (Å²) in [5.41, 5.74) is 0.926. The number of thiophene rings is 1. The van der Waals surface area contributed by atoms with Crippen LogP contribution in [0.4, 0.5) is 0 Å². The van der Waals surface area contributed by atoms with Gasteiger partial charge in [0.2, 0.25) is 0 Å². The van der Waals surface area contributed by atoms with Crippen LogP contribution in [0.2, 0.25) is 0 Å². The molecule has 0 aliphatic heterocycles. The van der Waals surface area contributed by atoms with Gasteiger partial charge in [0.15, 0.2) is 0 Å². The van der Waals surface area contributed by atoms with Crippen LogP contribution in [-0.4, -0.2) is 46.5 Å². The molecule has 1 N–H and O–H groups in total. The van der Waals surface area contributed by atoms with Crippen molar-refractivity contribution >= 4 is 27.5 Å². The summed E-state index contributed by atoms with van der Waals surface area (Å²) in [7, 11) is 2.22. The van der Waals surface area contributed by atoms with Crippen molar-refractivity contribution in [2.24, 2.45) is 0 Å². The first kappa shape index (κ1) is 19.2. The Morgan fingerprint density at radius 3 is 2.82 bits per heavy atom. The van der Waals surface area contributed by atoms with Gasteiger partial charge in [-0.05, 0) is 57.1 Å². The predicted molar refractivity (Wildman–Crippen MR) is 115 cm³/mol. The van der Waals surface area contributed by atoms with Gasteiger partial charge in [0.05, 0.1) is 5.69 Å². The molecule has 0 saturated heterocycles. The first-order valence-corrected chi connectivity index (χ1v) is 11.0. The van der Waals surface area contributed by atoms with Gasteiger partial charge in [-0.25, -0.2) is 4.98 Å². The number of rotatable bonds is 7. The van der Waals surface area contributed by atoms with Gasteiger partial charge in [-0.3, -0.25) is 4.79 Å². The third kappa shape index (κ3) is 4.13. The molecule has 3 heterocycles. The van der Waals surface area contributed by atoms with Crippen molar-refractivity contribution < 1.29 is 4.79 Å². The van der Waals surface area contributed by atoms with E-state index in [4.69, 9.17) is 0 Å². The zero-order valence-corrected chi connectivity index (χ0v) is 17.3. The number of aromatic nitrogens is 2. The lowest BCUT2D eigenvalue weighted by Crippen LogP contribution is -2.35. The molecule has 148 valence electrons. The van der Waals surface area contributed by atoms with E-state index in [1.54, 1.807) is 6.20 Å². The lowest BCUT2D eigenvalue weighted by molar-refractivity contribution is 0.0954. The molecule has 0 bridgehead atoms. The molecule has 1 fully saturated rings. The fourth-order valence-electron chi connectivity index (χ4n) is 4.13. The van der Waals surface area contributed by atoms with Crippen molar-refractivity contribution in [2.45, 2.75) is 44.6 Å². The zero-order valence-electron chi connectivity index (χ0n) is 16.4. The maximum absolute atomic E-state index is 12.9. The van der Waals surface area contributed by atoms with Crippen LogP contribution in [0.1, 0.15) is 48.2 Å². The predicted octanol–water partition coefficient (Wildman–Crippen LogP) is 4.47. The Morgan fingerprint density at radius 2 is 2.04 bits per heavy atom. The number of amides is 1. The second-order valence-corrected chi connectivity index (χ2v) is 8.61. The lowest BCUT2D eigenvalue weighted by Gasteiger charge is -2.31. The van der Waals surface area contributed by atoms with Crippen molar-refractivity contribution in [1.29, 1.82) is 0 Å². The summed E-state index contributed by atoms with van der Waals surface area (Å²) in [5.74, 6) is -0.00739. The first-order chi connectivity index (χ1) is 13.7. The van der Waals surface area contributed by atoms with Gasteiger partial charge < -0.3 is 14.8 Å². The van der Waals surface area contributed by atoms with E-state index >= 15 is 0 Å². The zero-order chi connectivity index (χ0) is 19.3. The molecule has 4 rings (SSSR count). The standard InChI is InChI=1S/C22H28N4OS/c1-25(17-9-3-2-4-10-17)14-8-13-23-21(27)20-19(26-15-5-6-16-26)18-11-7-12-24-22(18)28-20/h5-7,11-12,15-17H,2-4,8-10,13-14H2,1H3,(H,23,27). The van der Waals surface area contributed by atoms with E-state index in [0.29, 0.717) is 6.54 Å². The third-order valence-corrected chi connectivity index (χ3v) is 6.78. The molecule has 6 heteroatoms. The Labute approximate surface area is 170 Å². The van der Waals surface area contributed by atoms with Crippen LogP contribution in [-0.2, 0) is 0 Å². The Hall–Kier alpha value is -2.18. The highest BCUT2D eigenvalue weighted by atomic mass is 32.1. The van der Waals surface area contributed by atoms with Crippen molar-refractivity contribution in [2.75, 3.05) is 20.1 Å². The van der Waals surface area contributed by atoms with Gasteiger partial charge >= 0.3 is 0 Å². The summed E-state index contributed by atoms with van der Waals surface area (Å²) in [6.07, 6.45) is 13.4. The fraction of sp³-hybridized carbons (Fsp3) is 0.455. The van der Waals surface area contributed by atoms with Crippen molar-refractivity contribution in [3.63, 3.8) is 0 Å². The minimum atomic E-state index is -0.00739. The van der Waals surface area contributed by atoms with E-state index in [-0.39, 0.29) is 5.91 Å². The molecule has 0 atom stereocenters.